The summed E-state index contributed by atoms with van der Waals surface area (Å²) in [7, 11) is -2.34. The van der Waals surface area contributed by atoms with E-state index in [0.29, 0.717) is 41.7 Å². The number of rotatable bonds is 6. The summed E-state index contributed by atoms with van der Waals surface area (Å²) in [5.74, 6) is 0.514. The maximum atomic E-state index is 14.2. The van der Waals surface area contributed by atoms with Gasteiger partial charge >= 0.3 is 0 Å². The lowest BCUT2D eigenvalue weighted by molar-refractivity contribution is 0.0310. The predicted molar refractivity (Wildman–Crippen MR) is 137 cm³/mol. The van der Waals surface area contributed by atoms with Gasteiger partial charge in [-0.15, -0.1) is 0 Å². The summed E-state index contributed by atoms with van der Waals surface area (Å²) in [4.78, 5) is 9.67. The van der Waals surface area contributed by atoms with E-state index in [2.05, 4.69) is 20.0 Å². The smallest absolute Gasteiger partial charge is 0.151 e. The van der Waals surface area contributed by atoms with Gasteiger partial charge in [0.15, 0.2) is 6.10 Å². The summed E-state index contributed by atoms with van der Waals surface area (Å²) in [6, 6.07) is 8.10. The van der Waals surface area contributed by atoms with Crippen molar-refractivity contribution >= 4 is 42.7 Å². The molecule has 5 rings (SSSR count). The van der Waals surface area contributed by atoms with Crippen LogP contribution in [0.25, 0.3) is 10.9 Å². The average molecular weight is 501 g/mol. The van der Waals surface area contributed by atoms with E-state index < -0.39 is 15.5 Å². The lowest BCUT2D eigenvalue weighted by Crippen LogP contribution is -2.32. The van der Waals surface area contributed by atoms with Crippen molar-refractivity contribution in [3.05, 3.63) is 48.0 Å². The minimum absolute atomic E-state index is 0.0214. The number of nitrogens with one attached hydrogen (secondary N) is 2. The molecule has 8 nitrogen and oxygen atoms in total. The van der Waals surface area contributed by atoms with Gasteiger partial charge in [0.2, 0.25) is 0 Å². The zero-order chi connectivity index (χ0) is 24.7. The molecule has 1 aromatic heterocycles. The molecule has 0 aliphatic carbocycles. The van der Waals surface area contributed by atoms with Crippen LogP contribution in [0.3, 0.4) is 0 Å². The molecule has 10 heteroatoms. The molecular formula is C25H29FN4O4S. The first kappa shape index (κ1) is 23.8. The summed E-state index contributed by atoms with van der Waals surface area (Å²) < 4.78 is 47.8. The number of nitrogens with zero attached hydrogens (tertiary/aromatic N) is 2. The molecule has 2 aliphatic rings. The molecule has 0 amide bonds. The predicted octanol–water partition coefficient (Wildman–Crippen LogP) is 4.21. The normalized spacial score (nSPS) is 23.1. The van der Waals surface area contributed by atoms with Crippen molar-refractivity contribution < 1.29 is 22.8 Å². The number of anilines is 3. The molecule has 4 atom stereocenters. The van der Waals surface area contributed by atoms with E-state index >= 15 is 0 Å². The van der Waals surface area contributed by atoms with E-state index in [0.717, 1.165) is 22.2 Å². The van der Waals surface area contributed by atoms with E-state index in [4.69, 9.17) is 14.2 Å². The Morgan fingerprint density at radius 2 is 2.03 bits per heavy atom. The zero-order valence-electron chi connectivity index (χ0n) is 20.1. The van der Waals surface area contributed by atoms with Crippen LogP contribution in [0.1, 0.15) is 25.8 Å². The monoisotopic (exact) mass is 500 g/mol. The Hall–Kier alpha value is -2.95. The van der Waals surface area contributed by atoms with Crippen molar-refractivity contribution in [2.45, 2.75) is 45.5 Å². The zero-order valence-corrected chi connectivity index (χ0v) is 20.9. The number of halogens is 1. The number of aryl methyl sites for hydroxylation is 1. The highest BCUT2D eigenvalue weighted by molar-refractivity contribution is 8.02. The molecule has 2 aliphatic heterocycles. The van der Waals surface area contributed by atoms with Crippen molar-refractivity contribution in [2.24, 2.45) is 0 Å². The second-order valence-electron chi connectivity index (χ2n) is 9.18. The molecular weight excluding hydrogens is 471 g/mol. The van der Waals surface area contributed by atoms with Crippen LogP contribution < -0.4 is 14.8 Å². The van der Waals surface area contributed by atoms with Gasteiger partial charge in [0.05, 0.1) is 23.9 Å². The maximum absolute atomic E-state index is 14.2. The molecule has 186 valence electrons. The lowest BCUT2D eigenvalue weighted by atomic mass is 10.1. The van der Waals surface area contributed by atoms with Gasteiger partial charge in [-0.05, 0) is 61.9 Å². The third-order valence-corrected chi connectivity index (χ3v) is 8.61. The molecule has 2 aromatic carbocycles. The fourth-order valence-corrected chi connectivity index (χ4v) is 5.16. The Kier molecular flexibility index (Phi) is 6.29. The van der Waals surface area contributed by atoms with Crippen LogP contribution >= 0.6 is 0 Å². The summed E-state index contributed by atoms with van der Waals surface area (Å²) in [6.07, 6.45) is 3.53. The second-order valence-corrected chi connectivity index (χ2v) is 11.9. The molecule has 3 heterocycles. The molecule has 0 bridgehead atoms. The first-order valence-electron chi connectivity index (χ1n) is 11.5. The third-order valence-electron chi connectivity index (χ3n) is 6.42. The minimum atomic E-state index is -2.34. The Balaban J connectivity index is 1.47. The van der Waals surface area contributed by atoms with Crippen LogP contribution in [0.2, 0.25) is 0 Å². The van der Waals surface area contributed by atoms with Crippen molar-refractivity contribution in [2.75, 3.05) is 29.5 Å². The molecule has 2 saturated heterocycles. The first-order chi connectivity index (χ1) is 16.7. The molecule has 4 unspecified atom stereocenters. The Labute approximate surface area is 204 Å². The third kappa shape index (κ3) is 4.78. The number of hydrogen-bond acceptors (Lipinski definition) is 7. The molecule has 2 fully saturated rings. The maximum Gasteiger partial charge on any atom is 0.151 e. The standard InChI is InChI=1S/C25H29FN4O4S/c1-14(2)35(4,31)30-17-9-15(3)23-19(11-17)27-13-28-25(23)29-18-6-5-16(26)10-21(18)34-22-12-33-20-7-8-32-24(20)22/h5-6,9-11,13,20,22,24H,7-8,12H2,1-4H3,(H,30,31)(H,27,28,29). The van der Waals surface area contributed by atoms with Gasteiger partial charge < -0.3 is 24.2 Å². The highest BCUT2D eigenvalue weighted by Gasteiger charge is 2.43. The van der Waals surface area contributed by atoms with Crippen LogP contribution in [0.4, 0.5) is 21.6 Å². The fourth-order valence-electron chi connectivity index (χ4n) is 4.39. The minimum Gasteiger partial charge on any atom is -0.483 e. The Bertz CT molecular complexity index is 1400. The van der Waals surface area contributed by atoms with Gasteiger partial charge in [0, 0.05) is 39.7 Å². The average Bonchev–Trinajstić information content (AvgIpc) is 3.40. The number of fused-ring (bicyclic) bond motifs is 2. The SMILES string of the molecule is CC(C)=S(C)(=O)Nc1cc(C)c2c(Nc3ccc(F)cc3OC3COC4CCOC43)ncnc2c1. The van der Waals surface area contributed by atoms with Gasteiger partial charge in [0.25, 0.3) is 0 Å². The van der Waals surface area contributed by atoms with E-state index in [1.165, 1.54) is 18.5 Å². The number of aromatic nitrogens is 2. The Morgan fingerprint density at radius 3 is 2.83 bits per heavy atom. The van der Waals surface area contributed by atoms with Crippen molar-refractivity contribution in [3.8, 4) is 5.75 Å². The van der Waals surface area contributed by atoms with E-state index in [-0.39, 0.29) is 18.3 Å². The van der Waals surface area contributed by atoms with Gasteiger partial charge in [-0.1, -0.05) is 0 Å². The van der Waals surface area contributed by atoms with Gasteiger partial charge in [-0.3, -0.25) is 0 Å². The van der Waals surface area contributed by atoms with Crippen molar-refractivity contribution in [3.63, 3.8) is 0 Å². The van der Waals surface area contributed by atoms with Crippen molar-refractivity contribution in [1.29, 1.82) is 0 Å². The summed E-state index contributed by atoms with van der Waals surface area (Å²) in [6.45, 7) is 6.65. The molecule has 0 radical (unpaired) electrons. The van der Waals surface area contributed by atoms with Gasteiger partial charge in [-0.2, -0.15) is 0 Å². The highest BCUT2D eigenvalue weighted by Crippen LogP contribution is 2.36. The summed E-state index contributed by atoms with van der Waals surface area (Å²) in [5, 5.41) is 4.10. The van der Waals surface area contributed by atoms with Crippen LogP contribution in [0.15, 0.2) is 36.7 Å². The first-order valence-corrected chi connectivity index (χ1v) is 13.5. The molecule has 0 saturated carbocycles. The fraction of sp³-hybridized carbons (Fsp3) is 0.400. The van der Waals surface area contributed by atoms with Crippen LogP contribution in [0, 0.1) is 12.7 Å². The number of benzene rings is 2. The topological polar surface area (TPSA) is 94.6 Å². The molecule has 3 aromatic rings. The van der Waals surface area contributed by atoms with Crippen molar-refractivity contribution in [1.82, 2.24) is 9.97 Å². The molecule has 2 N–H and O–H groups in total. The van der Waals surface area contributed by atoms with Crippen LogP contribution in [-0.2, 0) is 19.2 Å². The van der Waals surface area contributed by atoms with Gasteiger partial charge in [0.1, 0.15) is 29.8 Å². The van der Waals surface area contributed by atoms with E-state index in [1.807, 2.05) is 32.9 Å². The number of hydrogen-bond donors (Lipinski definition) is 2. The van der Waals surface area contributed by atoms with E-state index in [1.54, 1.807) is 12.3 Å². The van der Waals surface area contributed by atoms with E-state index in [9.17, 15) is 8.60 Å². The lowest BCUT2D eigenvalue weighted by Gasteiger charge is -2.21. The second kappa shape index (κ2) is 9.25. The largest absolute Gasteiger partial charge is 0.483 e. The summed E-state index contributed by atoms with van der Waals surface area (Å²) >= 11 is 0. The van der Waals surface area contributed by atoms with Crippen LogP contribution in [0.5, 0.6) is 5.75 Å². The summed E-state index contributed by atoms with van der Waals surface area (Å²) in [5.41, 5.74) is 2.87. The Morgan fingerprint density at radius 1 is 1.20 bits per heavy atom. The quantitative estimate of drug-likeness (QED) is 0.490. The van der Waals surface area contributed by atoms with Crippen LogP contribution in [-0.4, -0.2) is 56.8 Å². The number of ether oxygens (including phenoxy) is 3. The highest BCUT2D eigenvalue weighted by atomic mass is 32.2. The molecule has 35 heavy (non-hydrogen) atoms. The van der Waals surface area contributed by atoms with Gasteiger partial charge in [-0.25, -0.2) is 18.6 Å². The molecule has 0 spiro atoms.